The van der Waals surface area contributed by atoms with Crippen LogP contribution in [0.2, 0.25) is 0 Å². The van der Waals surface area contributed by atoms with Gasteiger partial charge >= 0.3 is 6.18 Å². The van der Waals surface area contributed by atoms with E-state index in [-0.39, 0.29) is 36.5 Å². The fraction of sp³-hybridized carbons (Fsp3) is 0.480. The average molecular weight is 517 g/mol. The zero-order valence-electron chi connectivity index (χ0n) is 18.9. The number of halogens is 5. The Morgan fingerprint density at radius 2 is 1.74 bits per heavy atom. The highest BCUT2D eigenvalue weighted by Crippen LogP contribution is 2.60. The van der Waals surface area contributed by atoms with E-state index in [9.17, 15) is 40.3 Å². The molecule has 35 heavy (non-hydrogen) atoms. The van der Waals surface area contributed by atoms with E-state index in [1.165, 1.54) is 6.07 Å². The first kappa shape index (κ1) is 25.8. The van der Waals surface area contributed by atoms with Crippen molar-refractivity contribution in [3.63, 3.8) is 0 Å². The van der Waals surface area contributed by atoms with Gasteiger partial charge in [-0.1, -0.05) is 18.2 Å². The molecule has 0 amide bonds. The van der Waals surface area contributed by atoms with Gasteiger partial charge < -0.3 is 5.11 Å². The number of sulfone groups is 1. The van der Waals surface area contributed by atoms with Crippen LogP contribution in [0.15, 0.2) is 47.4 Å². The van der Waals surface area contributed by atoms with Crippen molar-refractivity contribution >= 4 is 15.6 Å². The second-order valence-corrected chi connectivity index (χ2v) is 11.8. The maximum atomic E-state index is 14.7. The Kier molecular flexibility index (Phi) is 6.37. The van der Waals surface area contributed by atoms with Crippen molar-refractivity contribution in [3.8, 4) is 0 Å². The van der Waals surface area contributed by atoms with Crippen molar-refractivity contribution in [1.82, 2.24) is 0 Å². The minimum atomic E-state index is -5.15. The fourth-order valence-corrected chi connectivity index (χ4v) is 8.35. The molecule has 1 fully saturated rings. The second-order valence-electron chi connectivity index (χ2n) is 9.56. The van der Waals surface area contributed by atoms with Gasteiger partial charge in [-0.25, -0.2) is 17.2 Å². The molecule has 4 rings (SSSR count). The second kappa shape index (κ2) is 8.65. The van der Waals surface area contributed by atoms with E-state index in [0.29, 0.717) is 24.5 Å². The fourth-order valence-electron chi connectivity index (χ4n) is 5.85. The highest BCUT2D eigenvalue weighted by atomic mass is 32.2. The van der Waals surface area contributed by atoms with E-state index < -0.39 is 56.1 Å². The maximum Gasteiger partial charge on any atom is 0.426 e. The van der Waals surface area contributed by atoms with Crippen molar-refractivity contribution in [2.24, 2.45) is 11.8 Å². The van der Waals surface area contributed by atoms with Gasteiger partial charge in [-0.15, -0.1) is 0 Å². The molecule has 1 N–H and O–H groups in total. The van der Waals surface area contributed by atoms with Gasteiger partial charge in [0.1, 0.15) is 17.2 Å². The van der Waals surface area contributed by atoms with Gasteiger partial charge in [0.25, 0.3) is 0 Å². The molecule has 0 heterocycles. The smallest absolute Gasteiger partial charge is 0.389 e. The molecule has 10 heteroatoms. The molecule has 0 radical (unpaired) electrons. The van der Waals surface area contributed by atoms with Crippen molar-refractivity contribution in [2.75, 3.05) is 6.61 Å². The summed E-state index contributed by atoms with van der Waals surface area (Å²) < 4.78 is 94.9. The largest absolute Gasteiger partial charge is 0.426 e. The number of fused-ring (bicyclic) bond motifs is 3. The minimum absolute atomic E-state index is 0.0219. The number of Topliss-reactive ketones (excluding diaryl/α,β-unsaturated/α-hetero) is 1. The molecular formula is C25H25F5O4S. The number of alkyl halides is 4. The summed E-state index contributed by atoms with van der Waals surface area (Å²) in [5.41, 5.74) is -3.62. The van der Waals surface area contributed by atoms with Crippen LogP contribution in [0, 0.1) is 17.7 Å². The Bertz CT molecular complexity index is 1240. The monoisotopic (exact) mass is 516 g/mol. The van der Waals surface area contributed by atoms with Gasteiger partial charge in [-0.3, -0.25) is 4.79 Å². The summed E-state index contributed by atoms with van der Waals surface area (Å²) in [6, 6.07) is 7.66. The van der Waals surface area contributed by atoms with Gasteiger partial charge in [-0.05, 0) is 85.4 Å². The highest BCUT2D eigenvalue weighted by Gasteiger charge is 2.61. The van der Waals surface area contributed by atoms with Crippen LogP contribution >= 0.6 is 0 Å². The lowest BCUT2D eigenvalue weighted by Gasteiger charge is -2.42. The van der Waals surface area contributed by atoms with E-state index in [1.54, 1.807) is 0 Å². The van der Waals surface area contributed by atoms with Crippen LogP contribution in [0.3, 0.4) is 0 Å². The quantitative estimate of drug-likeness (QED) is 0.425. The first-order chi connectivity index (χ1) is 16.3. The molecule has 190 valence electrons. The summed E-state index contributed by atoms with van der Waals surface area (Å²) in [5, 5.41) is 9.22. The van der Waals surface area contributed by atoms with Gasteiger partial charge in [0.05, 0.1) is 4.90 Å². The van der Waals surface area contributed by atoms with Crippen LogP contribution in [-0.2, 0) is 31.5 Å². The molecule has 0 aromatic heterocycles. The molecule has 0 spiro atoms. The van der Waals surface area contributed by atoms with Gasteiger partial charge in [0.15, 0.2) is 15.6 Å². The average Bonchev–Trinajstić information content (AvgIpc) is 3.18. The molecule has 2 aliphatic carbocycles. The number of aliphatic hydroxyl groups excluding tert-OH is 1. The summed E-state index contributed by atoms with van der Waals surface area (Å²) in [4.78, 5) is 11.9. The Labute approximate surface area is 200 Å². The van der Waals surface area contributed by atoms with Crippen molar-refractivity contribution < 1.29 is 40.3 Å². The molecule has 2 aromatic rings. The zero-order valence-corrected chi connectivity index (χ0v) is 19.7. The number of carbonyl (C=O) groups is 1. The SMILES string of the molecule is CC(F)(c1ccc2c(c1)CC[C@H]1[C@H](CC(=O)CO)CC[C@@]21S(=O)(=O)c1ccc(F)cc1)C(F)(F)F. The number of ketones is 1. The topological polar surface area (TPSA) is 71.4 Å². The van der Waals surface area contributed by atoms with Crippen LogP contribution in [0.5, 0.6) is 0 Å². The first-order valence-corrected chi connectivity index (χ1v) is 12.8. The van der Waals surface area contributed by atoms with Crippen LogP contribution in [-0.4, -0.2) is 32.1 Å². The third kappa shape index (κ3) is 3.98. The summed E-state index contributed by atoms with van der Waals surface area (Å²) in [6.07, 6.45) is -4.26. The van der Waals surface area contributed by atoms with Gasteiger partial charge in [0.2, 0.25) is 5.67 Å². The molecule has 4 atom stereocenters. The lowest BCUT2D eigenvalue weighted by atomic mass is 9.72. The summed E-state index contributed by atoms with van der Waals surface area (Å²) >= 11 is 0. The Morgan fingerprint density at radius 1 is 1.09 bits per heavy atom. The van der Waals surface area contributed by atoms with E-state index in [0.717, 1.165) is 36.4 Å². The van der Waals surface area contributed by atoms with E-state index in [2.05, 4.69) is 0 Å². The molecule has 2 aromatic carbocycles. The van der Waals surface area contributed by atoms with E-state index >= 15 is 0 Å². The zero-order chi connectivity index (χ0) is 25.8. The first-order valence-electron chi connectivity index (χ1n) is 11.3. The van der Waals surface area contributed by atoms with Crippen LogP contribution in [0.1, 0.15) is 49.3 Å². The molecule has 4 nitrogen and oxygen atoms in total. The number of aliphatic hydroxyl groups is 1. The number of hydrogen-bond donors (Lipinski definition) is 1. The van der Waals surface area contributed by atoms with Crippen molar-refractivity contribution in [1.29, 1.82) is 0 Å². The number of carbonyl (C=O) groups excluding carboxylic acids is 1. The Balaban J connectivity index is 1.90. The number of benzene rings is 2. The Morgan fingerprint density at radius 3 is 2.34 bits per heavy atom. The summed E-state index contributed by atoms with van der Waals surface area (Å²) in [5.74, 6) is -1.96. The third-order valence-corrected chi connectivity index (χ3v) is 10.3. The highest BCUT2D eigenvalue weighted by molar-refractivity contribution is 7.92. The predicted molar refractivity (Wildman–Crippen MR) is 117 cm³/mol. The number of hydrogen-bond acceptors (Lipinski definition) is 4. The van der Waals surface area contributed by atoms with Crippen molar-refractivity contribution in [3.05, 3.63) is 65.0 Å². The van der Waals surface area contributed by atoms with Crippen LogP contribution in [0.4, 0.5) is 22.0 Å². The van der Waals surface area contributed by atoms with Crippen LogP contribution in [0.25, 0.3) is 0 Å². The van der Waals surface area contributed by atoms with Crippen molar-refractivity contribution in [2.45, 2.75) is 60.5 Å². The normalized spacial score (nSPS) is 26.0. The standard InChI is InChI=1S/C25H25F5O4S/c1-23(27,25(28,29)30)17-3-9-22-15(12-17)2-8-21-16(13-19(32)14-31)10-11-24(21,22)35(33,34)20-6-4-18(26)5-7-20/h3-7,9,12,16,21,31H,2,8,10-11,13-14H2,1H3/t16-,21-,23?,24-/m0/s1. The summed E-state index contributed by atoms with van der Waals surface area (Å²) in [6.45, 7) is -0.245. The van der Waals surface area contributed by atoms with E-state index in [4.69, 9.17) is 0 Å². The summed E-state index contributed by atoms with van der Waals surface area (Å²) in [7, 11) is -4.20. The maximum absolute atomic E-state index is 14.7. The third-order valence-electron chi connectivity index (χ3n) is 7.68. The lowest BCUT2D eigenvalue weighted by molar-refractivity contribution is -0.228. The van der Waals surface area contributed by atoms with Crippen LogP contribution < -0.4 is 0 Å². The van der Waals surface area contributed by atoms with E-state index in [1.807, 2.05) is 0 Å². The molecule has 0 bridgehead atoms. The predicted octanol–water partition coefficient (Wildman–Crippen LogP) is 5.17. The number of aryl methyl sites for hydroxylation is 1. The molecule has 2 aliphatic rings. The molecule has 0 saturated heterocycles. The van der Waals surface area contributed by atoms with Gasteiger partial charge in [-0.2, -0.15) is 13.2 Å². The molecule has 1 saturated carbocycles. The minimum Gasteiger partial charge on any atom is -0.389 e. The molecule has 1 unspecified atom stereocenters. The molecular weight excluding hydrogens is 491 g/mol. The Hall–Kier alpha value is -2.33. The lowest BCUT2D eigenvalue weighted by Crippen LogP contribution is -2.45. The number of rotatable bonds is 6. The van der Waals surface area contributed by atoms with Gasteiger partial charge in [0, 0.05) is 6.42 Å². The molecule has 0 aliphatic heterocycles.